The molecule has 0 atom stereocenters. The number of benzene rings is 2. The van der Waals surface area contributed by atoms with Crippen LogP contribution in [0, 0.1) is 11.6 Å². The first-order valence-electron chi connectivity index (χ1n) is 11.6. The van der Waals surface area contributed by atoms with Crippen LogP contribution in [0.4, 0.5) is 20.2 Å². The highest BCUT2D eigenvalue weighted by molar-refractivity contribution is 7.13. The van der Waals surface area contributed by atoms with E-state index in [0.29, 0.717) is 37.0 Å². The molecule has 0 unspecified atom stereocenters. The van der Waals surface area contributed by atoms with Gasteiger partial charge in [0.05, 0.1) is 30.9 Å². The van der Waals surface area contributed by atoms with Crippen molar-refractivity contribution in [1.82, 2.24) is 14.5 Å². The molecule has 4 aromatic rings. The lowest BCUT2D eigenvalue weighted by Gasteiger charge is -2.29. The molecule has 0 bridgehead atoms. The third-order valence-corrected chi connectivity index (χ3v) is 6.83. The maximum atomic E-state index is 14.8. The minimum Gasteiger partial charge on any atom is -0.378 e. The van der Waals surface area contributed by atoms with Gasteiger partial charge in [0.2, 0.25) is 0 Å². The Morgan fingerprint density at radius 1 is 1.11 bits per heavy atom. The van der Waals surface area contributed by atoms with Crippen molar-refractivity contribution in [3.8, 4) is 22.0 Å². The lowest BCUT2D eigenvalue weighted by molar-refractivity contribution is 0.102. The number of hydrogen-bond donors (Lipinski definition) is 1. The molecule has 1 saturated heterocycles. The number of hydrogen-bond acceptors (Lipinski definition) is 6. The molecular weight excluding hydrogens is 484 g/mol. The molecule has 10 heteroatoms. The van der Waals surface area contributed by atoms with Crippen LogP contribution in [0.5, 0.6) is 0 Å². The van der Waals surface area contributed by atoms with Crippen molar-refractivity contribution in [3.63, 3.8) is 0 Å². The van der Waals surface area contributed by atoms with E-state index in [1.165, 1.54) is 29.5 Å². The topological polar surface area (TPSA) is 72.3 Å². The second-order valence-corrected chi connectivity index (χ2v) is 9.56. The number of morpholine rings is 1. The van der Waals surface area contributed by atoms with Gasteiger partial charge in [0, 0.05) is 35.8 Å². The molecule has 3 heterocycles. The van der Waals surface area contributed by atoms with E-state index in [2.05, 4.69) is 15.3 Å². The van der Waals surface area contributed by atoms with Gasteiger partial charge in [0.25, 0.3) is 5.91 Å². The Hall–Kier alpha value is -3.63. The van der Waals surface area contributed by atoms with E-state index in [-0.39, 0.29) is 23.2 Å². The SMILES string of the molecule is CC(C)n1cnc(-c2ccc(F)cc2)c1-c1nc(C(=O)Nc2ccc(N3CCOCC3)cc2F)cs1. The van der Waals surface area contributed by atoms with Crippen LogP contribution >= 0.6 is 11.3 Å². The van der Waals surface area contributed by atoms with Gasteiger partial charge in [-0.3, -0.25) is 4.79 Å². The second-order valence-electron chi connectivity index (χ2n) is 8.71. The van der Waals surface area contributed by atoms with Crippen LogP contribution in [0.25, 0.3) is 22.0 Å². The fourth-order valence-electron chi connectivity index (χ4n) is 4.08. The summed E-state index contributed by atoms with van der Waals surface area (Å²) in [5, 5.41) is 4.86. The predicted molar refractivity (Wildman–Crippen MR) is 136 cm³/mol. The van der Waals surface area contributed by atoms with Gasteiger partial charge in [0.1, 0.15) is 28.0 Å². The number of nitrogens with zero attached hydrogens (tertiary/aromatic N) is 4. The summed E-state index contributed by atoms with van der Waals surface area (Å²) in [5.41, 5.74) is 3.14. The van der Waals surface area contributed by atoms with Gasteiger partial charge in [-0.05, 0) is 56.3 Å². The Morgan fingerprint density at radius 3 is 2.56 bits per heavy atom. The van der Waals surface area contributed by atoms with Crippen LogP contribution in [-0.4, -0.2) is 46.7 Å². The normalized spacial score (nSPS) is 13.9. The van der Waals surface area contributed by atoms with E-state index in [4.69, 9.17) is 4.74 Å². The number of amides is 1. The molecule has 0 aliphatic carbocycles. The molecule has 186 valence electrons. The summed E-state index contributed by atoms with van der Waals surface area (Å²) in [6, 6.07) is 10.9. The van der Waals surface area contributed by atoms with Crippen molar-refractivity contribution in [2.75, 3.05) is 36.5 Å². The predicted octanol–water partition coefficient (Wildman–Crippen LogP) is 5.62. The average Bonchev–Trinajstić information content (AvgIpc) is 3.54. The average molecular weight is 510 g/mol. The third-order valence-electron chi connectivity index (χ3n) is 5.98. The molecule has 0 spiro atoms. The molecule has 0 radical (unpaired) electrons. The zero-order valence-electron chi connectivity index (χ0n) is 19.9. The van der Waals surface area contributed by atoms with Gasteiger partial charge in [-0.1, -0.05) is 0 Å². The molecule has 0 saturated carbocycles. The van der Waals surface area contributed by atoms with Crippen LogP contribution in [0.1, 0.15) is 30.4 Å². The van der Waals surface area contributed by atoms with Crippen molar-refractivity contribution in [2.45, 2.75) is 19.9 Å². The molecule has 1 N–H and O–H groups in total. The lowest BCUT2D eigenvalue weighted by atomic mass is 10.1. The molecular formula is C26H25F2N5O2S. The van der Waals surface area contributed by atoms with Crippen molar-refractivity contribution in [3.05, 3.63) is 71.5 Å². The van der Waals surface area contributed by atoms with E-state index in [9.17, 15) is 13.6 Å². The summed E-state index contributed by atoms with van der Waals surface area (Å²) < 4.78 is 35.6. The van der Waals surface area contributed by atoms with Crippen LogP contribution in [0.2, 0.25) is 0 Å². The summed E-state index contributed by atoms with van der Waals surface area (Å²) in [4.78, 5) is 24.0. The molecule has 5 rings (SSSR count). The molecule has 7 nitrogen and oxygen atoms in total. The second kappa shape index (κ2) is 10.2. The molecule has 1 aliphatic heterocycles. The number of thiazole rings is 1. The maximum Gasteiger partial charge on any atom is 0.275 e. The van der Waals surface area contributed by atoms with E-state index < -0.39 is 11.7 Å². The van der Waals surface area contributed by atoms with Gasteiger partial charge in [-0.2, -0.15) is 0 Å². The summed E-state index contributed by atoms with van der Waals surface area (Å²) in [6.07, 6.45) is 1.71. The maximum absolute atomic E-state index is 14.8. The van der Waals surface area contributed by atoms with Crippen LogP contribution in [-0.2, 0) is 4.74 Å². The number of anilines is 2. The summed E-state index contributed by atoms with van der Waals surface area (Å²) in [7, 11) is 0. The van der Waals surface area contributed by atoms with E-state index >= 15 is 0 Å². The Balaban J connectivity index is 1.39. The lowest BCUT2D eigenvalue weighted by Crippen LogP contribution is -2.36. The van der Waals surface area contributed by atoms with Crippen molar-refractivity contribution in [1.29, 1.82) is 0 Å². The Morgan fingerprint density at radius 2 is 1.86 bits per heavy atom. The number of rotatable bonds is 6. The highest BCUT2D eigenvalue weighted by Gasteiger charge is 2.22. The first-order chi connectivity index (χ1) is 17.4. The quantitative estimate of drug-likeness (QED) is 0.365. The van der Waals surface area contributed by atoms with Crippen molar-refractivity contribution in [2.24, 2.45) is 0 Å². The van der Waals surface area contributed by atoms with Crippen LogP contribution in [0.3, 0.4) is 0 Å². The largest absolute Gasteiger partial charge is 0.378 e. The number of aromatic nitrogens is 3. The number of nitrogens with one attached hydrogen (secondary N) is 1. The Kier molecular flexibility index (Phi) is 6.80. The molecule has 36 heavy (non-hydrogen) atoms. The summed E-state index contributed by atoms with van der Waals surface area (Å²) >= 11 is 1.30. The highest BCUT2D eigenvalue weighted by Crippen LogP contribution is 2.35. The Bertz CT molecular complexity index is 1380. The molecule has 1 aliphatic rings. The van der Waals surface area contributed by atoms with E-state index in [1.807, 2.05) is 23.3 Å². The third kappa shape index (κ3) is 4.87. The molecule has 2 aromatic carbocycles. The fraction of sp³-hybridized carbons (Fsp3) is 0.269. The van der Waals surface area contributed by atoms with Gasteiger partial charge in [-0.25, -0.2) is 18.7 Å². The monoisotopic (exact) mass is 509 g/mol. The van der Waals surface area contributed by atoms with E-state index in [0.717, 1.165) is 16.9 Å². The van der Waals surface area contributed by atoms with Gasteiger partial charge < -0.3 is 19.5 Å². The number of imidazole rings is 1. The number of ether oxygens (including phenoxy) is 1. The van der Waals surface area contributed by atoms with E-state index in [1.54, 1.807) is 36.0 Å². The first-order valence-corrected chi connectivity index (χ1v) is 12.5. The smallest absolute Gasteiger partial charge is 0.275 e. The van der Waals surface area contributed by atoms with Gasteiger partial charge in [-0.15, -0.1) is 11.3 Å². The summed E-state index contributed by atoms with van der Waals surface area (Å²) in [5.74, 6) is -1.35. The van der Waals surface area contributed by atoms with Crippen molar-refractivity contribution >= 4 is 28.6 Å². The zero-order valence-corrected chi connectivity index (χ0v) is 20.7. The highest BCUT2D eigenvalue weighted by atomic mass is 32.1. The Labute approximate surface area is 211 Å². The molecule has 1 amide bonds. The first kappa shape index (κ1) is 24.1. The number of carbonyl (C=O) groups excluding carboxylic acids is 1. The summed E-state index contributed by atoms with van der Waals surface area (Å²) in [6.45, 7) is 6.63. The molecule has 2 aromatic heterocycles. The van der Waals surface area contributed by atoms with Crippen LogP contribution in [0.15, 0.2) is 54.2 Å². The number of carbonyl (C=O) groups is 1. The van der Waals surface area contributed by atoms with Crippen LogP contribution < -0.4 is 10.2 Å². The van der Waals surface area contributed by atoms with Crippen molar-refractivity contribution < 1.29 is 18.3 Å². The standard InChI is InChI=1S/C26H25F2N5O2S/c1-16(2)33-15-29-23(17-3-5-18(27)6-4-17)24(33)26-31-22(14-36-26)25(34)30-21-8-7-19(13-20(21)28)32-9-11-35-12-10-32/h3-8,13-16H,9-12H2,1-2H3,(H,30,34). The number of halogens is 2. The molecule has 1 fully saturated rings. The van der Waals surface area contributed by atoms with Gasteiger partial charge in [0.15, 0.2) is 0 Å². The minimum absolute atomic E-state index is 0.0851. The van der Waals surface area contributed by atoms with Gasteiger partial charge >= 0.3 is 0 Å². The fourth-order valence-corrected chi connectivity index (χ4v) is 4.93. The zero-order chi connectivity index (χ0) is 25.2. The minimum atomic E-state index is -0.515.